The van der Waals surface area contributed by atoms with E-state index < -0.39 is 0 Å². The summed E-state index contributed by atoms with van der Waals surface area (Å²) < 4.78 is 5.32. The number of ether oxygens (including phenoxy) is 1. The lowest BCUT2D eigenvalue weighted by molar-refractivity contribution is -0.129. The van der Waals surface area contributed by atoms with E-state index in [0.717, 1.165) is 30.0 Å². The highest BCUT2D eigenvalue weighted by Crippen LogP contribution is 2.16. The van der Waals surface area contributed by atoms with Crippen LogP contribution >= 0.6 is 11.3 Å². The number of aryl methyl sites for hydroxylation is 2. The van der Waals surface area contributed by atoms with Gasteiger partial charge in [-0.05, 0) is 26.7 Å². The van der Waals surface area contributed by atoms with E-state index in [-0.39, 0.29) is 12.0 Å². The maximum atomic E-state index is 11.7. The molecular weight excluding hydrogens is 236 g/mol. The molecule has 0 radical (unpaired) electrons. The molecule has 1 fully saturated rings. The lowest BCUT2D eigenvalue weighted by Crippen LogP contribution is -2.35. The molecule has 4 nitrogen and oxygen atoms in total. The molecule has 17 heavy (non-hydrogen) atoms. The van der Waals surface area contributed by atoms with Gasteiger partial charge in [0.1, 0.15) is 6.10 Å². The van der Waals surface area contributed by atoms with Crippen LogP contribution in [0.1, 0.15) is 28.4 Å². The van der Waals surface area contributed by atoms with Crippen molar-refractivity contribution in [1.29, 1.82) is 0 Å². The summed E-state index contributed by atoms with van der Waals surface area (Å²) in [6, 6.07) is 0. The molecular formula is C12H18N2O2S. The van der Waals surface area contributed by atoms with Crippen molar-refractivity contribution in [3.63, 3.8) is 0 Å². The van der Waals surface area contributed by atoms with Gasteiger partial charge < -0.3 is 10.1 Å². The molecule has 2 heterocycles. The standard InChI is InChI=1S/C12H18N2O2S/c1-8-9(2)17-11(14-8)5-6-13-12(15)10-4-3-7-16-10/h10H,3-7H2,1-2H3,(H,13,15). The maximum Gasteiger partial charge on any atom is 0.249 e. The number of nitrogens with zero attached hydrogens (tertiary/aromatic N) is 1. The Kier molecular flexibility index (Phi) is 4.12. The van der Waals surface area contributed by atoms with Gasteiger partial charge in [0.25, 0.3) is 0 Å². The molecule has 1 aliphatic heterocycles. The first-order chi connectivity index (χ1) is 8.16. The van der Waals surface area contributed by atoms with Crippen LogP contribution in [0.2, 0.25) is 0 Å². The van der Waals surface area contributed by atoms with E-state index in [1.807, 2.05) is 6.92 Å². The van der Waals surface area contributed by atoms with Crippen LogP contribution in [0.25, 0.3) is 0 Å². The second-order valence-corrected chi connectivity index (χ2v) is 5.58. The average molecular weight is 254 g/mol. The summed E-state index contributed by atoms with van der Waals surface area (Å²) in [5.74, 6) is 0.0208. The minimum atomic E-state index is -0.227. The van der Waals surface area contributed by atoms with Gasteiger partial charge in [-0.3, -0.25) is 4.79 Å². The van der Waals surface area contributed by atoms with Crippen LogP contribution in [0.4, 0.5) is 0 Å². The zero-order valence-corrected chi connectivity index (χ0v) is 11.1. The third-order valence-corrected chi connectivity index (χ3v) is 4.07. The van der Waals surface area contributed by atoms with E-state index >= 15 is 0 Å². The summed E-state index contributed by atoms with van der Waals surface area (Å²) in [5, 5.41) is 3.99. The summed E-state index contributed by atoms with van der Waals surface area (Å²) >= 11 is 1.70. The number of carbonyl (C=O) groups is 1. The van der Waals surface area contributed by atoms with Crippen molar-refractivity contribution in [3.05, 3.63) is 15.6 Å². The molecule has 0 aliphatic carbocycles. The lowest BCUT2D eigenvalue weighted by atomic mass is 10.2. The Bertz CT molecular complexity index is 378. The van der Waals surface area contributed by atoms with Crippen LogP contribution in [0.15, 0.2) is 0 Å². The average Bonchev–Trinajstić information content (AvgIpc) is 2.90. The first-order valence-electron chi connectivity index (χ1n) is 5.99. The fourth-order valence-corrected chi connectivity index (χ4v) is 2.77. The van der Waals surface area contributed by atoms with Crippen LogP contribution in [-0.4, -0.2) is 30.1 Å². The minimum absolute atomic E-state index is 0.0208. The summed E-state index contributed by atoms with van der Waals surface area (Å²) in [4.78, 5) is 17.4. The van der Waals surface area contributed by atoms with Gasteiger partial charge in [0.15, 0.2) is 0 Å². The predicted molar refractivity (Wildman–Crippen MR) is 67.3 cm³/mol. The van der Waals surface area contributed by atoms with Crippen LogP contribution in [-0.2, 0) is 16.0 Å². The zero-order valence-electron chi connectivity index (χ0n) is 10.3. The van der Waals surface area contributed by atoms with Crippen molar-refractivity contribution < 1.29 is 9.53 Å². The minimum Gasteiger partial charge on any atom is -0.368 e. The Morgan fingerprint density at radius 1 is 1.59 bits per heavy atom. The number of nitrogens with one attached hydrogen (secondary N) is 1. The van der Waals surface area contributed by atoms with Crippen molar-refractivity contribution in [2.45, 2.75) is 39.2 Å². The number of hydrogen-bond acceptors (Lipinski definition) is 4. The summed E-state index contributed by atoms with van der Waals surface area (Å²) in [6.07, 6.45) is 2.41. The van der Waals surface area contributed by atoms with Crippen molar-refractivity contribution in [1.82, 2.24) is 10.3 Å². The Balaban J connectivity index is 1.73. The molecule has 1 aliphatic rings. The highest BCUT2D eigenvalue weighted by Gasteiger charge is 2.22. The number of hydrogen-bond donors (Lipinski definition) is 1. The Morgan fingerprint density at radius 3 is 3.00 bits per heavy atom. The predicted octanol–water partition coefficient (Wildman–Crippen LogP) is 1.60. The molecule has 1 N–H and O–H groups in total. The largest absolute Gasteiger partial charge is 0.368 e. The smallest absolute Gasteiger partial charge is 0.249 e. The summed E-state index contributed by atoms with van der Waals surface area (Å²) in [6.45, 7) is 5.44. The van der Waals surface area contributed by atoms with Crippen molar-refractivity contribution in [2.24, 2.45) is 0 Å². The Labute approximate surface area is 105 Å². The van der Waals surface area contributed by atoms with Gasteiger partial charge in [0, 0.05) is 24.4 Å². The number of rotatable bonds is 4. The monoisotopic (exact) mass is 254 g/mol. The molecule has 1 amide bonds. The third-order valence-electron chi connectivity index (χ3n) is 2.93. The third kappa shape index (κ3) is 3.26. The van der Waals surface area contributed by atoms with Crippen LogP contribution < -0.4 is 5.32 Å². The van der Waals surface area contributed by atoms with Gasteiger partial charge in [0.05, 0.1) is 10.7 Å². The van der Waals surface area contributed by atoms with E-state index in [9.17, 15) is 4.79 Å². The maximum absolute atomic E-state index is 11.7. The van der Waals surface area contributed by atoms with E-state index in [2.05, 4.69) is 17.2 Å². The molecule has 1 atom stereocenters. The number of amides is 1. The molecule has 1 unspecified atom stereocenters. The van der Waals surface area contributed by atoms with Crippen molar-refractivity contribution in [2.75, 3.05) is 13.2 Å². The molecule has 0 saturated carbocycles. The molecule has 0 spiro atoms. The molecule has 0 aromatic carbocycles. The van der Waals surface area contributed by atoms with E-state index in [0.29, 0.717) is 13.2 Å². The van der Waals surface area contributed by atoms with E-state index in [4.69, 9.17) is 4.74 Å². The summed E-state index contributed by atoms with van der Waals surface area (Å²) in [7, 11) is 0. The molecule has 1 aromatic heterocycles. The first-order valence-corrected chi connectivity index (χ1v) is 6.80. The van der Waals surface area contributed by atoms with Gasteiger partial charge in [-0.15, -0.1) is 11.3 Å². The summed E-state index contributed by atoms with van der Waals surface area (Å²) in [5.41, 5.74) is 1.09. The highest BCUT2D eigenvalue weighted by atomic mass is 32.1. The quantitative estimate of drug-likeness (QED) is 0.888. The van der Waals surface area contributed by atoms with Crippen molar-refractivity contribution in [3.8, 4) is 0 Å². The highest BCUT2D eigenvalue weighted by molar-refractivity contribution is 7.11. The van der Waals surface area contributed by atoms with Crippen LogP contribution in [0.5, 0.6) is 0 Å². The first kappa shape index (κ1) is 12.5. The SMILES string of the molecule is Cc1nc(CCNC(=O)C2CCCO2)sc1C. The van der Waals surface area contributed by atoms with E-state index in [1.165, 1.54) is 4.88 Å². The molecule has 1 aromatic rings. The van der Waals surface area contributed by atoms with Crippen LogP contribution in [0, 0.1) is 13.8 Å². The normalized spacial score (nSPS) is 19.5. The fraction of sp³-hybridized carbons (Fsp3) is 0.667. The number of thiazole rings is 1. The lowest BCUT2D eigenvalue weighted by Gasteiger charge is -2.09. The molecule has 2 rings (SSSR count). The second kappa shape index (κ2) is 5.60. The van der Waals surface area contributed by atoms with Gasteiger partial charge >= 0.3 is 0 Å². The topological polar surface area (TPSA) is 51.2 Å². The molecule has 1 saturated heterocycles. The van der Waals surface area contributed by atoms with Crippen molar-refractivity contribution >= 4 is 17.2 Å². The van der Waals surface area contributed by atoms with Gasteiger partial charge in [-0.2, -0.15) is 0 Å². The number of aromatic nitrogens is 1. The number of carbonyl (C=O) groups excluding carboxylic acids is 1. The Hall–Kier alpha value is -0.940. The van der Waals surface area contributed by atoms with Gasteiger partial charge in [-0.25, -0.2) is 4.98 Å². The molecule has 0 bridgehead atoms. The fourth-order valence-electron chi connectivity index (χ4n) is 1.84. The zero-order chi connectivity index (χ0) is 12.3. The Morgan fingerprint density at radius 2 is 2.41 bits per heavy atom. The van der Waals surface area contributed by atoms with Gasteiger partial charge in [0.2, 0.25) is 5.91 Å². The molecule has 5 heteroatoms. The van der Waals surface area contributed by atoms with E-state index in [1.54, 1.807) is 11.3 Å². The van der Waals surface area contributed by atoms with Crippen LogP contribution in [0.3, 0.4) is 0 Å². The van der Waals surface area contributed by atoms with Gasteiger partial charge in [-0.1, -0.05) is 0 Å². The molecule has 94 valence electrons. The second-order valence-electron chi connectivity index (χ2n) is 4.29.